The van der Waals surface area contributed by atoms with E-state index in [9.17, 15) is 8.78 Å². The number of hydrogen-bond acceptors (Lipinski definition) is 1. The fourth-order valence-electron chi connectivity index (χ4n) is 4.16. The number of benzene rings is 1. The van der Waals surface area contributed by atoms with E-state index in [-0.39, 0.29) is 5.75 Å². The van der Waals surface area contributed by atoms with E-state index >= 15 is 0 Å². The third-order valence-electron chi connectivity index (χ3n) is 5.83. The predicted octanol–water partition coefficient (Wildman–Crippen LogP) is 6.91. The minimum absolute atomic E-state index is 0.0605. The molecule has 2 aliphatic rings. The normalized spacial score (nSPS) is 21.4. The second-order valence-corrected chi connectivity index (χ2v) is 7.71. The van der Waals surface area contributed by atoms with E-state index in [1.54, 1.807) is 12.1 Å². The summed E-state index contributed by atoms with van der Waals surface area (Å²) in [6, 6.07) is 3.30. The minimum Gasteiger partial charge on any atom is -0.490 e. The first-order valence-corrected chi connectivity index (χ1v) is 9.99. The molecule has 1 unspecified atom stereocenters. The van der Waals surface area contributed by atoms with Crippen molar-refractivity contribution in [2.24, 2.45) is 11.8 Å². The van der Waals surface area contributed by atoms with Crippen LogP contribution in [0.4, 0.5) is 8.78 Å². The van der Waals surface area contributed by atoms with Crippen LogP contribution in [0.3, 0.4) is 0 Å². The van der Waals surface area contributed by atoms with Crippen molar-refractivity contribution in [2.45, 2.75) is 71.1 Å². The summed E-state index contributed by atoms with van der Waals surface area (Å²) in [6.45, 7) is 2.70. The molecule has 25 heavy (non-hydrogen) atoms. The molecule has 0 radical (unpaired) electrons. The molecular formula is C22H30F2O. The quantitative estimate of drug-likeness (QED) is 0.520. The zero-order chi connectivity index (χ0) is 17.6. The third-order valence-corrected chi connectivity index (χ3v) is 5.83. The van der Waals surface area contributed by atoms with Gasteiger partial charge in [0.25, 0.3) is 0 Å². The molecule has 0 bridgehead atoms. The Bertz CT molecular complexity index is 602. The van der Waals surface area contributed by atoms with E-state index in [1.807, 2.05) is 0 Å². The van der Waals surface area contributed by atoms with Crippen LogP contribution in [0.5, 0.6) is 5.75 Å². The SMILES string of the molecule is CCCCC1CC=C(c2ccc(OCC3CCCC3)c(F)c2F)CC1. The number of rotatable bonds is 7. The second kappa shape index (κ2) is 8.82. The fourth-order valence-corrected chi connectivity index (χ4v) is 4.16. The summed E-state index contributed by atoms with van der Waals surface area (Å²) in [6.07, 6.45) is 13.4. The van der Waals surface area contributed by atoms with Gasteiger partial charge in [0.1, 0.15) is 0 Å². The van der Waals surface area contributed by atoms with Gasteiger partial charge in [0, 0.05) is 5.56 Å². The van der Waals surface area contributed by atoms with Crippen molar-refractivity contribution in [3.05, 3.63) is 35.4 Å². The molecule has 0 aromatic heterocycles. The highest BCUT2D eigenvalue weighted by atomic mass is 19.2. The third kappa shape index (κ3) is 4.62. The second-order valence-electron chi connectivity index (χ2n) is 7.71. The number of allylic oxidation sites excluding steroid dienone is 2. The smallest absolute Gasteiger partial charge is 0.201 e. The molecule has 0 amide bonds. The van der Waals surface area contributed by atoms with Gasteiger partial charge < -0.3 is 4.74 Å². The molecule has 1 atom stereocenters. The molecule has 0 spiro atoms. The molecule has 0 aliphatic heterocycles. The van der Waals surface area contributed by atoms with Crippen molar-refractivity contribution >= 4 is 5.57 Å². The topological polar surface area (TPSA) is 9.23 Å². The molecule has 138 valence electrons. The molecule has 3 heteroatoms. The maximum atomic E-state index is 14.6. The monoisotopic (exact) mass is 348 g/mol. The van der Waals surface area contributed by atoms with Crippen LogP contribution in [0, 0.1) is 23.5 Å². The molecule has 1 nitrogen and oxygen atoms in total. The van der Waals surface area contributed by atoms with Crippen LogP contribution in [0.15, 0.2) is 18.2 Å². The Morgan fingerprint density at radius 3 is 2.52 bits per heavy atom. The highest BCUT2D eigenvalue weighted by molar-refractivity contribution is 5.67. The lowest BCUT2D eigenvalue weighted by molar-refractivity contribution is 0.239. The largest absolute Gasteiger partial charge is 0.490 e. The number of unbranched alkanes of at least 4 members (excludes halogenated alkanes) is 1. The van der Waals surface area contributed by atoms with Crippen molar-refractivity contribution in [2.75, 3.05) is 6.61 Å². The first-order chi connectivity index (χ1) is 12.2. The van der Waals surface area contributed by atoms with E-state index in [0.29, 0.717) is 24.0 Å². The van der Waals surface area contributed by atoms with Gasteiger partial charge in [-0.2, -0.15) is 4.39 Å². The van der Waals surface area contributed by atoms with Gasteiger partial charge in [-0.15, -0.1) is 0 Å². The minimum atomic E-state index is -0.829. The Labute approximate surface area is 150 Å². The zero-order valence-electron chi connectivity index (χ0n) is 15.3. The number of ether oxygens (including phenoxy) is 1. The molecule has 3 rings (SSSR count). The lowest BCUT2D eigenvalue weighted by Crippen LogP contribution is -2.10. The first kappa shape index (κ1) is 18.4. The van der Waals surface area contributed by atoms with E-state index in [1.165, 1.54) is 32.1 Å². The van der Waals surface area contributed by atoms with Crippen LogP contribution in [0.2, 0.25) is 0 Å². The average Bonchev–Trinajstić information content (AvgIpc) is 3.15. The summed E-state index contributed by atoms with van der Waals surface area (Å²) in [4.78, 5) is 0. The molecule has 1 aromatic rings. The van der Waals surface area contributed by atoms with Gasteiger partial charge >= 0.3 is 0 Å². The van der Waals surface area contributed by atoms with E-state index in [4.69, 9.17) is 4.74 Å². The van der Waals surface area contributed by atoms with Crippen LogP contribution >= 0.6 is 0 Å². The van der Waals surface area contributed by atoms with Crippen molar-refractivity contribution in [1.29, 1.82) is 0 Å². The first-order valence-electron chi connectivity index (χ1n) is 9.99. The van der Waals surface area contributed by atoms with Crippen LogP contribution in [0.1, 0.15) is 76.7 Å². The molecule has 0 saturated heterocycles. The van der Waals surface area contributed by atoms with Gasteiger partial charge in [-0.05, 0) is 61.6 Å². The van der Waals surface area contributed by atoms with Gasteiger partial charge in [0.15, 0.2) is 11.6 Å². The van der Waals surface area contributed by atoms with Crippen LogP contribution in [-0.4, -0.2) is 6.61 Å². The number of hydrogen-bond donors (Lipinski definition) is 0. The van der Waals surface area contributed by atoms with Crippen molar-refractivity contribution in [3.8, 4) is 5.75 Å². The van der Waals surface area contributed by atoms with Gasteiger partial charge in [-0.3, -0.25) is 0 Å². The summed E-state index contributed by atoms with van der Waals surface area (Å²) in [7, 11) is 0. The summed E-state index contributed by atoms with van der Waals surface area (Å²) < 4.78 is 34.5. The van der Waals surface area contributed by atoms with Crippen molar-refractivity contribution in [1.82, 2.24) is 0 Å². The summed E-state index contributed by atoms with van der Waals surface area (Å²) in [5.41, 5.74) is 1.37. The van der Waals surface area contributed by atoms with Gasteiger partial charge in [0.2, 0.25) is 5.82 Å². The van der Waals surface area contributed by atoms with Gasteiger partial charge in [-0.1, -0.05) is 45.1 Å². The van der Waals surface area contributed by atoms with E-state index in [0.717, 1.165) is 37.7 Å². The van der Waals surface area contributed by atoms with Gasteiger partial charge in [-0.25, -0.2) is 4.39 Å². The lowest BCUT2D eigenvalue weighted by Gasteiger charge is -2.22. The molecule has 0 heterocycles. The molecular weight excluding hydrogens is 318 g/mol. The maximum absolute atomic E-state index is 14.6. The van der Waals surface area contributed by atoms with E-state index in [2.05, 4.69) is 13.0 Å². The van der Waals surface area contributed by atoms with Gasteiger partial charge in [0.05, 0.1) is 6.61 Å². The van der Waals surface area contributed by atoms with Crippen LogP contribution in [-0.2, 0) is 0 Å². The van der Waals surface area contributed by atoms with Crippen LogP contribution in [0.25, 0.3) is 5.57 Å². The zero-order valence-corrected chi connectivity index (χ0v) is 15.3. The fraction of sp³-hybridized carbons (Fsp3) is 0.636. The molecule has 0 N–H and O–H groups in total. The van der Waals surface area contributed by atoms with Crippen molar-refractivity contribution in [3.63, 3.8) is 0 Å². The van der Waals surface area contributed by atoms with Crippen molar-refractivity contribution < 1.29 is 13.5 Å². The molecule has 1 fully saturated rings. The maximum Gasteiger partial charge on any atom is 0.201 e. The summed E-state index contributed by atoms with van der Waals surface area (Å²) in [5.74, 6) is -0.328. The molecule has 2 aliphatic carbocycles. The summed E-state index contributed by atoms with van der Waals surface area (Å²) >= 11 is 0. The Hall–Kier alpha value is -1.38. The number of halogens is 2. The summed E-state index contributed by atoms with van der Waals surface area (Å²) in [5, 5.41) is 0. The Morgan fingerprint density at radius 1 is 1.04 bits per heavy atom. The Kier molecular flexibility index (Phi) is 6.50. The molecule has 1 saturated carbocycles. The highest BCUT2D eigenvalue weighted by Crippen LogP contribution is 2.36. The Balaban J connectivity index is 1.64. The predicted molar refractivity (Wildman–Crippen MR) is 98.7 cm³/mol. The standard InChI is InChI=1S/C22H30F2O/c1-2-3-6-16-9-11-18(12-10-16)19-13-14-20(22(24)21(19)23)25-15-17-7-4-5-8-17/h11,13-14,16-17H,2-10,12,15H2,1H3. The van der Waals surface area contributed by atoms with Crippen LogP contribution < -0.4 is 4.74 Å². The lowest BCUT2D eigenvalue weighted by atomic mass is 9.84. The highest BCUT2D eigenvalue weighted by Gasteiger charge is 2.22. The molecule has 1 aromatic carbocycles. The Morgan fingerprint density at radius 2 is 1.84 bits per heavy atom. The van der Waals surface area contributed by atoms with E-state index < -0.39 is 11.6 Å². The average molecular weight is 348 g/mol.